The molecule has 86 valence electrons. The van der Waals surface area contributed by atoms with Crippen molar-refractivity contribution in [1.29, 1.82) is 0 Å². The van der Waals surface area contributed by atoms with E-state index in [9.17, 15) is 18.4 Å². The maximum Gasteiger partial charge on any atom is 0.310 e. The zero-order valence-corrected chi connectivity index (χ0v) is 8.63. The van der Waals surface area contributed by atoms with Crippen molar-refractivity contribution >= 4 is 12.3 Å². The number of halogens is 2. The van der Waals surface area contributed by atoms with Crippen molar-refractivity contribution < 1.29 is 23.1 Å². The molecule has 0 aliphatic rings. The standard InChI is InChI=1S/C11H10F2O3/c1-2-16-11(15)5-7-3-10(13)8(6-14)4-9(7)12/h3-4,6H,2,5H2,1H3. The zero-order valence-electron chi connectivity index (χ0n) is 8.63. The quantitative estimate of drug-likeness (QED) is 0.583. The Morgan fingerprint density at radius 2 is 2.06 bits per heavy atom. The molecule has 1 rings (SSSR count). The van der Waals surface area contributed by atoms with Gasteiger partial charge in [0.1, 0.15) is 11.6 Å². The number of benzene rings is 1. The number of aldehydes is 1. The maximum absolute atomic E-state index is 13.3. The fraction of sp³-hybridized carbons (Fsp3) is 0.273. The molecule has 1 aromatic rings. The Kier molecular flexibility index (Phi) is 4.10. The van der Waals surface area contributed by atoms with E-state index in [1.165, 1.54) is 0 Å². The third-order valence-corrected chi connectivity index (χ3v) is 1.93. The Hall–Kier alpha value is -1.78. The van der Waals surface area contributed by atoms with Gasteiger partial charge in [0, 0.05) is 5.56 Å². The molecule has 0 bridgehead atoms. The minimum absolute atomic E-state index is 0.124. The van der Waals surface area contributed by atoms with Gasteiger partial charge in [-0.25, -0.2) is 8.78 Å². The van der Waals surface area contributed by atoms with Crippen LogP contribution < -0.4 is 0 Å². The number of carbonyl (C=O) groups is 2. The van der Waals surface area contributed by atoms with Crippen LogP contribution >= 0.6 is 0 Å². The predicted molar refractivity (Wildman–Crippen MR) is 52.1 cm³/mol. The summed E-state index contributed by atoms with van der Waals surface area (Å²) < 4.78 is 31.0. The second-order valence-corrected chi connectivity index (χ2v) is 3.06. The van der Waals surface area contributed by atoms with Gasteiger partial charge in [0.05, 0.1) is 18.6 Å². The Morgan fingerprint density at radius 1 is 1.38 bits per heavy atom. The van der Waals surface area contributed by atoms with Crippen LogP contribution in [0.5, 0.6) is 0 Å². The van der Waals surface area contributed by atoms with Gasteiger partial charge in [-0.05, 0) is 19.1 Å². The molecule has 0 amide bonds. The third-order valence-electron chi connectivity index (χ3n) is 1.93. The summed E-state index contributed by atoms with van der Waals surface area (Å²) in [5.74, 6) is -2.29. The van der Waals surface area contributed by atoms with Gasteiger partial charge in [0.15, 0.2) is 6.29 Å². The van der Waals surface area contributed by atoms with Crippen molar-refractivity contribution in [3.8, 4) is 0 Å². The minimum Gasteiger partial charge on any atom is -0.466 e. The molecule has 0 aliphatic carbocycles. The van der Waals surface area contributed by atoms with E-state index in [1.54, 1.807) is 6.92 Å². The average molecular weight is 228 g/mol. The minimum atomic E-state index is -0.851. The van der Waals surface area contributed by atoms with Crippen LogP contribution in [0.3, 0.4) is 0 Å². The fourth-order valence-corrected chi connectivity index (χ4v) is 1.20. The molecule has 0 spiro atoms. The lowest BCUT2D eigenvalue weighted by Gasteiger charge is -2.04. The molecule has 0 aliphatic heterocycles. The smallest absolute Gasteiger partial charge is 0.310 e. The van der Waals surface area contributed by atoms with E-state index in [0.717, 1.165) is 12.1 Å². The lowest BCUT2D eigenvalue weighted by molar-refractivity contribution is -0.142. The van der Waals surface area contributed by atoms with E-state index in [4.69, 9.17) is 0 Å². The van der Waals surface area contributed by atoms with Crippen LogP contribution in [-0.2, 0) is 16.0 Å². The molecule has 0 N–H and O–H groups in total. The topological polar surface area (TPSA) is 43.4 Å². The molecule has 0 heterocycles. The highest BCUT2D eigenvalue weighted by Crippen LogP contribution is 2.14. The molecule has 0 atom stereocenters. The number of rotatable bonds is 4. The highest BCUT2D eigenvalue weighted by molar-refractivity contribution is 5.76. The first-order valence-electron chi connectivity index (χ1n) is 4.67. The SMILES string of the molecule is CCOC(=O)Cc1cc(F)c(C=O)cc1F. The van der Waals surface area contributed by atoms with Gasteiger partial charge in [-0.2, -0.15) is 0 Å². The van der Waals surface area contributed by atoms with Crippen LogP contribution in [0.2, 0.25) is 0 Å². The average Bonchev–Trinajstić information content (AvgIpc) is 2.23. The van der Waals surface area contributed by atoms with E-state index in [0.29, 0.717) is 0 Å². The molecule has 0 radical (unpaired) electrons. The summed E-state index contributed by atoms with van der Waals surface area (Å²) in [6.07, 6.45) is -0.137. The molecule has 5 heteroatoms. The summed E-state index contributed by atoms with van der Waals surface area (Å²) in [5.41, 5.74) is -0.494. The van der Waals surface area contributed by atoms with Crippen molar-refractivity contribution in [1.82, 2.24) is 0 Å². The van der Waals surface area contributed by atoms with Gasteiger partial charge >= 0.3 is 5.97 Å². The van der Waals surface area contributed by atoms with Crippen LogP contribution in [0.1, 0.15) is 22.8 Å². The Balaban J connectivity index is 2.93. The van der Waals surface area contributed by atoms with Gasteiger partial charge in [0.25, 0.3) is 0 Å². The van der Waals surface area contributed by atoms with E-state index >= 15 is 0 Å². The van der Waals surface area contributed by atoms with Crippen LogP contribution in [0.15, 0.2) is 12.1 Å². The fourth-order valence-electron chi connectivity index (χ4n) is 1.20. The molecule has 0 fully saturated rings. The van der Waals surface area contributed by atoms with Crippen molar-refractivity contribution in [3.63, 3.8) is 0 Å². The van der Waals surface area contributed by atoms with Crippen molar-refractivity contribution in [2.75, 3.05) is 6.61 Å². The number of carbonyl (C=O) groups excluding carboxylic acids is 2. The van der Waals surface area contributed by atoms with Gasteiger partial charge in [-0.3, -0.25) is 9.59 Å². The first-order valence-corrected chi connectivity index (χ1v) is 4.67. The molecule has 0 unspecified atom stereocenters. The molecule has 0 saturated carbocycles. The molecular weight excluding hydrogens is 218 g/mol. The Bertz CT molecular complexity index is 416. The van der Waals surface area contributed by atoms with Crippen LogP contribution in [0, 0.1) is 11.6 Å². The van der Waals surface area contributed by atoms with E-state index in [2.05, 4.69) is 4.74 Å². The van der Waals surface area contributed by atoms with Crippen molar-refractivity contribution in [2.24, 2.45) is 0 Å². The van der Waals surface area contributed by atoms with Crippen LogP contribution in [-0.4, -0.2) is 18.9 Å². The van der Waals surface area contributed by atoms with Crippen molar-refractivity contribution in [2.45, 2.75) is 13.3 Å². The maximum atomic E-state index is 13.3. The predicted octanol–water partition coefficient (Wildman–Crippen LogP) is 1.88. The molecule has 16 heavy (non-hydrogen) atoms. The van der Waals surface area contributed by atoms with Gasteiger partial charge in [0.2, 0.25) is 0 Å². The van der Waals surface area contributed by atoms with Gasteiger partial charge in [-0.1, -0.05) is 0 Å². The summed E-state index contributed by atoms with van der Waals surface area (Å²) in [6, 6.07) is 1.59. The van der Waals surface area contributed by atoms with E-state index < -0.39 is 17.6 Å². The summed E-state index contributed by atoms with van der Waals surface area (Å²) in [5, 5.41) is 0. The monoisotopic (exact) mass is 228 g/mol. The number of hydrogen-bond acceptors (Lipinski definition) is 3. The zero-order chi connectivity index (χ0) is 12.1. The molecule has 3 nitrogen and oxygen atoms in total. The summed E-state index contributed by atoms with van der Waals surface area (Å²) in [6.45, 7) is 1.79. The van der Waals surface area contributed by atoms with Crippen LogP contribution in [0.25, 0.3) is 0 Å². The number of esters is 1. The van der Waals surface area contributed by atoms with E-state index in [1.807, 2.05) is 0 Å². The summed E-state index contributed by atoms with van der Waals surface area (Å²) >= 11 is 0. The number of hydrogen-bond donors (Lipinski definition) is 0. The second kappa shape index (κ2) is 5.34. The van der Waals surface area contributed by atoms with Crippen molar-refractivity contribution in [3.05, 3.63) is 34.9 Å². The molecule has 1 aromatic carbocycles. The lowest BCUT2D eigenvalue weighted by atomic mass is 10.1. The Morgan fingerprint density at radius 3 is 2.62 bits per heavy atom. The third kappa shape index (κ3) is 2.85. The second-order valence-electron chi connectivity index (χ2n) is 3.06. The first-order chi connectivity index (χ1) is 7.58. The highest BCUT2D eigenvalue weighted by atomic mass is 19.1. The van der Waals surface area contributed by atoms with Crippen LogP contribution in [0.4, 0.5) is 8.78 Å². The molecule has 0 saturated heterocycles. The lowest BCUT2D eigenvalue weighted by Crippen LogP contribution is -2.09. The summed E-state index contributed by atoms with van der Waals surface area (Å²) in [4.78, 5) is 21.4. The van der Waals surface area contributed by atoms with E-state index in [-0.39, 0.29) is 30.4 Å². The normalized spacial score (nSPS) is 9.94. The Labute approximate surface area is 91.0 Å². The molecule has 0 aromatic heterocycles. The largest absolute Gasteiger partial charge is 0.466 e. The summed E-state index contributed by atoms with van der Waals surface area (Å²) in [7, 11) is 0. The molecular formula is C11H10F2O3. The first kappa shape index (κ1) is 12.3. The highest BCUT2D eigenvalue weighted by Gasteiger charge is 2.13. The van der Waals surface area contributed by atoms with Gasteiger partial charge < -0.3 is 4.74 Å². The number of ether oxygens (including phenoxy) is 1. The van der Waals surface area contributed by atoms with Gasteiger partial charge in [-0.15, -0.1) is 0 Å².